The molecular formula is C23H16F2N6. The summed E-state index contributed by atoms with van der Waals surface area (Å²) in [6.07, 6.45) is 3.06. The molecule has 0 saturated carbocycles. The summed E-state index contributed by atoms with van der Waals surface area (Å²) in [5.41, 5.74) is 2.73. The fraction of sp³-hybridized carbons (Fsp3) is 0.0435. The molecule has 8 heteroatoms. The maximum Gasteiger partial charge on any atom is 0.229 e. The van der Waals surface area contributed by atoms with Gasteiger partial charge in [-0.3, -0.25) is 4.98 Å². The van der Waals surface area contributed by atoms with Crippen molar-refractivity contribution in [3.8, 4) is 17.2 Å². The van der Waals surface area contributed by atoms with E-state index in [9.17, 15) is 8.78 Å². The van der Waals surface area contributed by atoms with Crippen molar-refractivity contribution in [2.24, 2.45) is 0 Å². The molecule has 152 valence electrons. The fourth-order valence-corrected chi connectivity index (χ4v) is 2.96. The molecule has 0 atom stereocenters. The summed E-state index contributed by atoms with van der Waals surface area (Å²) in [7, 11) is 0. The largest absolute Gasteiger partial charge is 0.335 e. The van der Waals surface area contributed by atoms with E-state index in [4.69, 9.17) is 5.26 Å². The highest BCUT2D eigenvalue weighted by Gasteiger charge is 2.14. The topological polar surface area (TPSA) is 86.5 Å². The van der Waals surface area contributed by atoms with Crippen molar-refractivity contribution in [1.29, 1.82) is 5.26 Å². The summed E-state index contributed by atoms with van der Waals surface area (Å²) in [6.45, 7) is 1.81. The Morgan fingerprint density at radius 1 is 0.839 bits per heavy atom. The van der Waals surface area contributed by atoms with E-state index >= 15 is 0 Å². The van der Waals surface area contributed by atoms with Crippen LogP contribution in [0.25, 0.3) is 11.1 Å². The second-order valence-corrected chi connectivity index (χ2v) is 6.71. The molecule has 0 amide bonds. The third kappa shape index (κ3) is 4.62. The van der Waals surface area contributed by atoms with E-state index in [1.54, 1.807) is 42.6 Å². The molecule has 0 aliphatic rings. The molecule has 0 aliphatic heterocycles. The molecule has 2 N–H and O–H groups in total. The van der Waals surface area contributed by atoms with Crippen molar-refractivity contribution in [2.45, 2.75) is 6.92 Å². The van der Waals surface area contributed by atoms with Crippen LogP contribution in [-0.4, -0.2) is 15.0 Å². The van der Waals surface area contributed by atoms with E-state index in [1.807, 2.05) is 13.0 Å². The van der Waals surface area contributed by atoms with Gasteiger partial charge in [-0.15, -0.1) is 0 Å². The van der Waals surface area contributed by atoms with E-state index in [0.717, 1.165) is 5.69 Å². The summed E-state index contributed by atoms with van der Waals surface area (Å²) < 4.78 is 29.4. The van der Waals surface area contributed by atoms with Crippen LogP contribution in [0.1, 0.15) is 11.3 Å². The molecule has 2 aromatic heterocycles. The Labute approximate surface area is 177 Å². The van der Waals surface area contributed by atoms with Gasteiger partial charge in [-0.1, -0.05) is 0 Å². The molecule has 0 spiro atoms. The molecule has 4 rings (SSSR count). The van der Waals surface area contributed by atoms with Crippen LogP contribution in [-0.2, 0) is 0 Å². The highest BCUT2D eigenvalue weighted by Crippen LogP contribution is 2.29. The number of nitriles is 1. The van der Waals surface area contributed by atoms with Gasteiger partial charge in [-0.25, -0.2) is 13.8 Å². The van der Waals surface area contributed by atoms with E-state index < -0.39 is 11.6 Å². The third-order valence-corrected chi connectivity index (χ3v) is 4.45. The Kier molecular flexibility index (Phi) is 5.49. The summed E-state index contributed by atoms with van der Waals surface area (Å²) >= 11 is 0. The number of hydrogen-bond donors (Lipinski definition) is 2. The standard InChI is InChI=1S/C23H16F2N6/c1-14-10-16(6-8-27-14)17-11-19(24)22(20(25)12-17)30-21-7-9-28-23(31-21)29-18-4-2-15(13-26)3-5-18/h2-12H,1H3,(H2,28,29,30,31). The van der Waals surface area contributed by atoms with Gasteiger partial charge < -0.3 is 10.6 Å². The molecule has 0 radical (unpaired) electrons. The predicted molar refractivity (Wildman–Crippen MR) is 114 cm³/mol. The Balaban J connectivity index is 1.56. The molecule has 0 unspecified atom stereocenters. The molecule has 2 heterocycles. The zero-order valence-corrected chi connectivity index (χ0v) is 16.4. The molecule has 0 bridgehead atoms. The number of benzene rings is 2. The number of anilines is 4. The normalized spacial score (nSPS) is 10.4. The minimum Gasteiger partial charge on any atom is -0.335 e. The first-order valence-corrected chi connectivity index (χ1v) is 9.31. The summed E-state index contributed by atoms with van der Waals surface area (Å²) in [6, 6.07) is 16.2. The number of pyridine rings is 1. The van der Waals surface area contributed by atoms with E-state index in [2.05, 4.69) is 25.6 Å². The molecule has 0 saturated heterocycles. The minimum atomic E-state index is -0.746. The maximum absolute atomic E-state index is 14.7. The average molecular weight is 414 g/mol. The number of aromatic nitrogens is 3. The summed E-state index contributed by atoms with van der Waals surface area (Å²) in [4.78, 5) is 12.4. The highest BCUT2D eigenvalue weighted by atomic mass is 19.1. The Hall–Kier alpha value is -4.38. The molecule has 31 heavy (non-hydrogen) atoms. The lowest BCUT2D eigenvalue weighted by Gasteiger charge is -2.12. The Morgan fingerprint density at radius 3 is 2.23 bits per heavy atom. The summed E-state index contributed by atoms with van der Waals surface area (Å²) in [5.74, 6) is -1.04. The van der Waals surface area contributed by atoms with Crippen LogP contribution in [0.3, 0.4) is 0 Å². The van der Waals surface area contributed by atoms with Gasteiger partial charge in [0.2, 0.25) is 5.95 Å². The zero-order valence-electron chi connectivity index (χ0n) is 16.4. The first-order chi connectivity index (χ1) is 15.0. The number of halogens is 2. The maximum atomic E-state index is 14.7. The van der Waals surface area contributed by atoms with Gasteiger partial charge in [0, 0.05) is 23.8 Å². The SMILES string of the molecule is Cc1cc(-c2cc(F)c(Nc3ccnc(Nc4ccc(C#N)cc4)n3)c(F)c2)ccn1. The predicted octanol–water partition coefficient (Wildman–Crippen LogP) is 5.48. The van der Waals surface area contributed by atoms with Crippen molar-refractivity contribution >= 4 is 23.1 Å². The van der Waals surface area contributed by atoms with Gasteiger partial charge in [0.1, 0.15) is 23.1 Å². The molecule has 6 nitrogen and oxygen atoms in total. The van der Waals surface area contributed by atoms with Crippen molar-refractivity contribution in [1.82, 2.24) is 15.0 Å². The number of rotatable bonds is 5. The smallest absolute Gasteiger partial charge is 0.229 e. The minimum absolute atomic E-state index is 0.219. The van der Waals surface area contributed by atoms with Gasteiger partial charge in [-0.05, 0) is 72.6 Å². The van der Waals surface area contributed by atoms with Crippen LogP contribution in [0.4, 0.5) is 31.9 Å². The van der Waals surface area contributed by atoms with Crippen molar-refractivity contribution in [2.75, 3.05) is 10.6 Å². The van der Waals surface area contributed by atoms with Gasteiger partial charge in [0.15, 0.2) is 0 Å². The van der Waals surface area contributed by atoms with Crippen molar-refractivity contribution in [3.05, 3.63) is 89.9 Å². The summed E-state index contributed by atoms with van der Waals surface area (Å²) in [5, 5.41) is 14.5. The zero-order chi connectivity index (χ0) is 21.8. The quantitative estimate of drug-likeness (QED) is 0.449. The van der Waals surface area contributed by atoms with Crippen LogP contribution in [0.15, 0.2) is 67.0 Å². The van der Waals surface area contributed by atoms with Gasteiger partial charge in [0.25, 0.3) is 0 Å². The molecule has 0 aliphatic carbocycles. The Morgan fingerprint density at radius 2 is 1.55 bits per heavy atom. The van der Waals surface area contributed by atoms with Crippen LogP contribution >= 0.6 is 0 Å². The average Bonchev–Trinajstić information content (AvgIpc) is 2.77. The van der Waals surface area contributed by atoms with E-state index in [-0.39, 0.29) is 17.5 Å². The number of aryl methyl sites for hydroxylation is 1. The van der Waals surface area contributed by atoms with Crippen LogP contribution < -0.4 is 10.6 Å². The lowest BCUT2D eigenvalue weighted by atomic mass is 10.1. The van der Waals surface area contributed by atoms with E-state index in [0.29, 0.717) is 22.4 Å². The molecule has 0 fully saturated rings. The van der Waals surface area contributed by atoms with Crippen LogP contribution in [0, 0.1) is 29.9 Å². The highest BCUT2D eigenvalue weighted by molar-refractivity contribution is 5.69. The van der Waals surface area contributed by atoms with Crippen LogP contribution in [0.5, 0.6) is 0 Å². The van der Waals surface area contributed by atoms with Gasteiger partial charge >= 0.3 is 0 Å². The molecular weight excluding hydrogens is 398 g/mol. The first kappa shape index (κ1) is 19.9. The van der Waals surface area contributed by atoms with Crippen molar-refractivity contribution in [3.63, 3.8) is 0 Å². The number of hydrogen-bond acceptors (Lipinski definition) is 6. The number of nitrogens with zero attached hydrogens (tertiary/aromatic N) is 4. The lowest BCUT2D eigenvalue weighted by Crippen LogP contribution is -2.03. The fourth-order valence-electron chi connectivity index (χ4n) is 2.96. The van der Waals surface area contributed by atoms with Gasteiger partial charge in [-0.2, -0.15) is 10.2 Å². The van der Waals surface area contributed by atoms with E-state index in [1.165, 1.54) is 24.4 Å². The first-order valence-electron chi connectivity index (χ1n) is 9.31. The monoisotopic (exact) mass is 414 g/mol. The molecule has 4 aromatic rings. The Bertz CT molecular complexity index is 1260. The van der Waals surface area contributed by atoms with Crippen molar-refractivity contribution < 1.29 is 8.78 Å². The lowest BCUT2D eigenvalue weighted by molar-refractivity contribution is 0.591. The second-order valence-electron chi connectivity index (χ2n) is 6.71. The van der Waals surface area contributed by atoms with Gasteiger partial charge in [0.05, 0.1) is 11.6 Å². The second kappa shape index (κ2) is 8.55. The van der Waals surface area contributed by atoms with Crippen LogP contribution in [0.2, 0.25) is 0 Å². The third-order valence-electron chi connectivity index (χ3n) is 4.45. The molecule has 2 aromatic carbocycles. The number of nitrogens with one attached hydrogen (secondary N) is 2.